The SMILES string of the molecule is Cl.O=C(NC1CCC(c2ccccc2)CC1)C1CC(F)(F)CN1. The maximum Gasteiger partial charge on any atom is 0.262 e. The van der Waals surface area contributed by atoms with Crippen LogP contribution in [0.3, 0.4) is 0 Å². The van der Waals surface area contributed by atoms with Gasteiger partial charge in [-0.3, -0.25) is 10.1 Å². The van der Waals surface area contributed by atoms with Crippen molar-refractivity contribution < 1.29 is 13.6 Å². The van der Waals surface area contributed by atoms with Crippen LogP contribution in [0.2, 0.25) is 0 Å². The zero-order chi connectivity index (χ0) is 15.6. The topological polar surface area (TPSA) is 41.1 Å². The summed E-state index contributed by atoms with van der Waals surface area (Å²) < 4.78 is 26.3. The standard InChI is InChI=1S/C17H22F2N2O.ClH/c18-17(19)10-15(20-11-17)16(22)21-14-8-6-13(7-9-14)12-4-2-1-3-5-12;/h1-5,13-15,20H,6-11H2,(H,21,22);1H. The molecule has 1 aliphatic heterocycles. The Balaban J connectivity index is 0.00000192. The smallest absolute Gasteiger partial charge is 0.262 e. The predicted molar refractivity (Wildman–Crippen MR) is 88.2 cm³/mol. The van der Waals surface area contributed by atoms with Crippen molar-refractivity contribution in [3.8, 4) is 0 Å². The van der Waals surface area contributed by atoms with Crippen LogP contribution in [0.4, 0.5) is 8.78 Å². The van der Waals surface area contributed by atoms with E-state index in [2.05, 4.69) is 34.9 Å². The minimum absolute atomic E-state index is 0. The molecule has 1 amide bonds. The average Bonchev–Trinajstić information content (AvgIpc) is 2.89. The van der Waals surface area contributed by atoms with E-state index in [1.807, 2.05) is 6.07 Å². The Kier molecular flexibility index (Phi) is 5.98. The molecule has 2 fully saturated rings. The van der Waals surface area contributed by atoms with Gasteiger partial charge in [0.1, 0.15) is 0 Å². The van der Waals surface area contributed by atoms with Gasteiger partial charge in [-0.15, -0.1) is 12.4 Å². The zero-order valence-corrected chi connectivity index (χ0v) is 13.8. The van der Waals surface area contributed by atoms with E-state index in [0.717, 1.165) is 25.7 Å². The zero-order valence-electron chi connectivity index (χ0n) is 12.9. The van der Waals surface area contributed by atoms with Gasteiger partial charge in [0, 0.05) is 12.5 Å². The molecule has 128 valence electrons. The Bertz CT molecular complexity index is 519. The van der Waals surface area contributed by atoms with Crippen LogP contribution in [0.1, 0.15) is 43.6 Å². The molecule has 2 aliphatic rings. The first-order chi connectivity index (χ1) is 10.5. The molecule has 1 saturated carbocycles. The minimum Gasteiger partial charge on any atom is -0.352 e. The number of benzene rings is 1. The first kappa shape index (κ1) is 18.1. The molecule has 3 rings (SSSR count). The maximum atomic E-state index is 13.1. The molecule has 6 heteroatoms. The number of carbonyl (C=O) groups is 1. The molecule has 1 saturated heterocycles. The summed E-state index contributed by atoms with van der Waals surface area (Å²) in [6, 6.07) is 9.77. The number of hydrogen-bond donors (Lipinski definition) is 2. The third-order valence-electron chi connectivity index (χ3n) is 4.77. The Morgan fingerprint density at radius 1 is 1.13 bits per heavy atom. The number of halogens is 3. The first-order valence-electron chi connectivity index (χ1n) is 8.00. The van der Waals surface area contributed by atoms with Crippen LogP contribution in [0.25, 0.3) is 0 Å². The summed E-state index contributed by atoms with van der Waals surface area (Å²) in [5.74, 6) is -2.49. The fraction of sp³-hybridized carbons (Fsp3) is 0.588. The Hall–Kier alpha value is -1.20. The Morgan fingerprint density at radius 2 is 1.78 bits per heavy atom. The highest BCUT2D eigenvalue weighted by molar-refractivity contribution is 5.85. The summed E-state index contributed by atoms with van der Waals surface area (Å²) in [7, 11) is 0. The largest absolute Gasteiger partial charge is 0.352 e. The lowest BCUT2D eigenvalue weighted by molar-refractivity contribution is -0.124. The van der Waals surface area contributed by atoms with Gasteiger partial charge >= 0.3 is 0 Å². The molecule has 0 aromatic heterocycles. The van der Waals surface area contributed by atoms with E-state index < -0.39 is 24.9 Å². The molecule has 2 N–H and O–H groups in total. The maximum absolute atomic E-state index is 13.1. The highest BCUT2D eigenvalue weighted by Gasteiger charge is 2.42. The van der Waals surface area contributed by atoms with Crippen LogP contribution in [0.15, 0.2) is 30.3 Å². The van der Waals surface area contributed by atoms with Crippen molar-refractivity contribution in [1.29, 1.82) is 0 Å². The lowest BCUT2D eigenvalue weighted by Crippen LogP contribution is -2.46. The molecule has 1 aliphatic carbocycles. The molecule has 0 radical (unpaired) electrons. The lowest BCUT2D eigenvalue weighted by Gasteiger charge is -2.30. The van der Waals surface area contributed by atoms with Crippen LogP contribution in [-0.2, 0) is 4.79 Å². The highest BCUT2D eigenvalue weighted by atomic mass is 35.5. The molecule has 1 aromatic carbocycles. The van der Waals surface area contributed by atoms with Crippen LogP contribution < -0.4 is 10.6 Å². The fourth-order valence-electron chi connectivity index (χ4n) is 3.50. The molecule has 1 aromatic rings. The van der Waals surface area contributed by atoms with Crippen molar-refractivity contribution >= 4 is 18.3 Å². The van der Waals surface area contributed by atoms with E-state index in [9.17, 15) is 13.6 Å². The van der Waals surface area contributed by atoms with E-state index in [4.69, 9.17) is 0 Å². The third-order valence-corrected chi connectivity index (χ3v) is 4.77. The summed E-state index contributed by atoms with van der Waals surface area (Å²) in [5.41, 5.74) is 1.35. The van der Waals surface area contributed by atoms with Gasteiger partial charge in [0.2, 0.25) is 5.91 Å². The van der Waals surface area contributed by atoms with Crippen molar-refractivity contribution in [2.75, 3.05) is 6.54 Å². The van der Waals surface area contributed by atoms with E-state index >= 15 is 0 Å². The van der Waals surface area contributed by atoms with Crippen molar-refractivity contribution in [2.45, 2.75) is 56.0 Å². The van der Waals surface area contributed by atoms with Gasteiger partial charge in [-0.25, -0.2) is 8.78 Å². The third kappa shape index (κ3) is 4.64. The number of amides is 1. The summed E-state index contributed by atoms with van der Waals surface area (Å²) in [5, 5.41) is 5.54. The molecule has 1 atom stereocenters. The quantitative estimate of drug-likeness (QED) is 0.883. The Morgan fingerprint density at radius 3 is 2.35 bits per heavy atom. The number of alkyl halides is 2. The molecule has 1 heterocycles. The molecular formula is C17H23ClF2N2O. The highest BCUT2D eigenvalue weighted by Crippen LogP contribution is 2.33. The van der Waals surface area contributed by atoms with Crippen molar-refractivity contribution in [1.82, 2.24) is 10.6 Å². The number of carbonyl (C=O) groups excluding carboxylic acids is 1. The van der Waals surface area contributed by atoms with Gasteiger partial charge in [-0.2, -0.15) is 0 Å². The van der Waals surface area contributed by atoms with Gasteiger partial charge in [0.25, 0.3) is 5.92 Å². The molecule has 3 nitrogen and oxygen atoms in total. The van der Waals surface area contributed by atoms with Gasteiger partial charge in [0.05, 0.1) is 12.6 Å². The first-order valence-corrected chi connectivity index (χ1v) is 8.00. The molecule has 0 bridgehead atoms. The summed E-state index contributed by atoms with van der Waals surface area (Å²) >= 11 is 0. The van der Waals surface area contributed by atoms with Gasteiger partial charge < -0.3 is 5.32 Å². The van der Waals surface area contributed by atoms with Gasteiger partial charge in [0.15, 0.2) is 0 Å². The number of hydrogen-bond acceptors (Lipinski definition) is 2. The minimum atomic E-state index is -2.76. The normalized spacial score (nSPS) is 29.6. The average molecular weight is 345 g/mol. The second kappa shape index (κ2) is 7.58. The summed E-state index contributed by atoms with van der Waals surface area (Å²) in [6.45, 7) is -0.397. The van der Waals surface area contributed by atoms with E-state index in [-0.39, 0.29) is 24.4 Å². The fourth-order valence-corrected chi connectivity index (χ4v) is 3.50. The van der Waals surface area contributed by atoms with Crippen molar-refractivity contribution in [3.05, 3.63) is 35.9 Å². The predicted octanol–water partition coefficient (Wildman–Crippen LogP) is 3.25. The Labute approximate surface area is 141 Å². The molecule has 1 unspecified atom stereocenters. The number of rotatable bonds is 3. The second-order valence-electron chi connectivity index (χ2n) is 6.46. The van der Waals surface area contributed by atoms with Crippen LogP contribution in [0.5, 0.6) is 0 Å². The van der Waals surface area contributed by atoms with E-state index in [1.54, 1.807) is 0 Å². The second-order valence-corrected chi connectivity index (χ2v) is 6.46. The molecular weight excluding hydrogens is 322 g/mol. The lowest BCUT2D eigenvalue weighted by atomic mass is 9.81. The molecule has 0 spiro atoms. The van der Waals surface area contributed by atoms with Crippen molar-refractivity contribution in [3.63, 3.8) is 0 Å². The monoisotopic (exact) mass is 344 g/mol. The van der Waals surface area contributed by atoms with Crippen LogP contribution in [-0.4, -0.2) is 30.5 Å². The van der Waals surface area contributed by atoms with Crippen LogP contribution in [0, 0.1) is 0 Å². The van der Waals surface area contributed by atoms with Gasteiger partial charge in [-0.1, -0.05) is 30.3 Å². The number of nitrogens with one attached hydrogen (secondary N) is 2. The van der Waals surface area contributed by atoms with Gasteiger partial charge in [-0.05, 0) is 37.2 Å². The van der Waals surface area contributed by atoms with E-state index in [0.29, 0.717) is 5.92 Å². The van der Waals surface area contributed by atoms with Crippen molar-refractivity contribution in [2.24, 2.45) is 0 Å². The molecule has 23 heavy (non-hydrogen) atoms. The summed E-state index contributed by atoms with van der Waals surface area (Å²) in [4.78, 5) is 12.0. The van der Waals surface area contributed by atoms with Crippen LogP contribution >= 0.6 is 12.4 Å². The summed E-state index contributed by atoms with van der Waals surface area (Å²) in [6.07, 6.45) is 3.49. The van der Waals surface area contributed by atoms with E-state index in [1.165, 1.54) is 5.56 Å².